The number of nitrogens with one attached hydrogen (secondary N) is 2. The molecule has 0 fully saturated rings. The van der Waals surface area contributed by atoms with Crippen molar-refractivity contribution in [2.45, 2.75) is 25.7 Å². The van der Waals surface area contributed by atoms with E-state index in [1.54, 1.807) is 0 Å². The monoisotopic (exact) mass is 662 g/mol. The van der Waals surface area contributed by atoms with E-state index in [2.05, 4.69) is 131 Å². The standard InChI is InChI=1S/C48H30N4/c1-5-9-29-13-17-33-37(21-29)45-26-43-35-19-15-31(11-7-3)23-39(35)47(51-43)28-48-40-24-32(12-8-4)16-20-36(40)44(52-48)27-46-38-22-30(10-6-2)14-18-34(38)42(50-46)25-41(33)49-45/h1-4,13-28,49,52H,9-12H2. The van der Waals surface area contributed by atoms with E-state index in [1.807, 2.05) is 0 Å². The van der Waals surface area contributed by atoms with Gasteiger partial charge in [-0.25, -0.2) is 9.97 Å². The molecule has 7 aromatic rings. The lowest BCUT2D eigenvalue weighted by atomic mass is 9.99. The average Bonchev–Trinajstić information content (AvgIpc) is 3.87. The van der Waals surface area contributed by atoms with Crippen LogP contribution in [0, 0.1) is 49.4 Å². The maximum Gasteiger partial charge on any atom is 0.0737 e. The summed E-state index contributed by atoms with van der Waals surface area (Å²) in [4.78, 5) is 18.0. The van der Waals surface area contributed by atoms with Crippen LogP contribution in [0.15, 0.2) is 97.1 Å². The number of nitrogens with zero attached hydrogens (tertiary/aromatic N) is 2. The topological polar surface area (TPSA) is 57.4 Å². The summed E-state index contributed by atoms with van der Waals surface area (Å²) in [6, 6.07) is 34.1. The third kappa shape index (κ3) is 5.11. The predicted molar refractivity (Wildman–Crippen MR) is 215 cm³/mol. The second-order valence-electron chi connectivity index (χ2n) is 13.3. The van der Waals surface area contributed by atoms with Crippen LogP contribution in [0.5, 0.6) is 0 Å². The minimum absolute atomic E-state index is 0.531. The molecular formula is C48H30N4. The van der Waals surface area contributed by atoms with Gasteiger partial charge >= 0.3 is 0 Å². The zero-order valence-corrected chi connectivity index (χ0v) is 28.3. The molecule has 4 aromatic carbocycles. The van der Waals surface area contributed by atoms with Gasteiger partial charge in [-0.1, -0.05) is 48.5 Å². The summed E-state index contributed by atoms with van der Waals surface area (Å²) in [5.41, 5.74) is 15.6. The third-order valence-electron chi connectivity index (χ3n) is 9.97. The van der Waals surface area contributed by atoms with E-state index in [0.29, 0.717) is 25.7 Å². The summed E-state index contributed by atoms with van der Waals surface area (Å²) < 4.78 is 0. The largest absolute Gasteiger partial charge is 0.354 e. The van der Waals surface area contributed by atoms with Gasteiger partial charge in [-0.2, -0.15) is 0 Å². The van der Waals surface area contributed by atoms with Crippen molar-refractivity contribution in [3.63, 3.8) is 0 Å². The van der Waals surface area contributed by atoms with Crippen LogP contribution in [0.25, 0.3) is 88.6 Å². The van der Waals surface area contributed by atoms with Crippen molar-refractivity contribution in [2.24, 2.45) is 0 Å². The lowest BCUT2D eigenvalue weighted by Gasteiger charge is -2.03. The van der Waals surface area contributed by atoms with Gasteiger partial charge in [0.2, 0.25) is 0 Å². The van der Waals surface area contributed by atoms with E-state index in [9.17, 15) is 0 Å². The number of aromatic amines is 2. The highest BCUT2D eigenvalue weighted by molar-refractivity contribution is 6.10. The Morgan fingerprint density at radius 3 is 1.08 bits per heavy atom. The first kappa shape index (κ1) is 30.8. The molecular weight excluding hydrogens is 633 g/mol. The molecule has 4 heteroatoms. The Labute approximate surface area is 302 Å². The Kier molecular flexibility index (Phi) is 7.26. The molecule has 0 radical (unpaired) electrons. The first-order valence-electron chi connectivity index (χ1n) is 17.1. The number of aromatic nitrogens is 4. The van der Waals surface area contributed by atoms with Gasteiger partial charge in [-0.05, 0) is 70.8 Å². The molecule has 0 spiro atoms. The second kappa shape index (κ2) is 12.3. The fraction of sp³-hybridized carbons (Fsp3) is 0.0833. The summed E-state index contributed by atoms with van der Waals surface area (Å²) in [7, 11) is 0. The summed E-state index contributed by atoms with van der Waals surface area (Å²) >= 11 is 0. The molecule has 9 rings (SSSR count). The van der Waals surface area contributed by atoms with Gasteiger partial charge in [0.1, 0.15) is 0 Å². The SMILES string of the molecule is C#CCc1ccc2c(c1)-c1cc3[nH]c(cc4nc(cc5[nH]c(cc-2n1)c1ccc(CC#C)cc51)-c1ccc(CC#C)cc1-4)c1cc(CC#C)ccc31. The highest BCUT2D eigenvalue weighted by atomic mass is 14.8. The van der Waals surface area contributed by atoms with Gasteiger partial charge in [-0.3, -0.25) is 0 Å². The molecule has 0 saturated carbocycles. The maximum atomic E-state index is 5.75. The number of rotatable bonds is 4. The van der Waals surface area contributed by atoms with Crippen molar-refractivity contribution in [1.82, 2.24) is 19.9 Å². The number of H-pyrrole nitrogens is 2. The average molecular weight is 663 g/mol. The van der Waals surface area contributed by atoms with Crippen LogP contribution in [0.1, 0.15) is 22.3 Å². The first-order valence-corrected chi connectivity index (χ1v) is 17.1. The fourth-order valence-corrected chi connectivity index (χ4v) is 7.57. The summed E-state index contributed by atoms with van der Waals surface area (Å²) in [6.45, 7) is 0. The number of hydrogen-bond donors (Lipinski definition) is 2. The second-order valence-corrected chi connectivity index (χ2v) is 13.3. The van der Waals surface area contributed by atoms with Crippen molar-refractivity contribution in [2.75, 3.05) is 0 Å². The van der Waals surface area contributed by atoms with E-state index >= 15 is 0 Å². The Balaban J connectivity index is 1.46. The van der Waals surface area contributed by atoms with Gasteiger partial charge in [0.15, 0.2) is 0 Å². The van der Waals surface area contributed by atoms with Crippen molar-refractivity contribution in [3.8, 4) is 94.4 Å². The van der Waals surface area contributed by atoms with Gasteiger partial charge in [-0.15, -0.1) is 49.4 Å². The van der Waals surface area contributed by atoms with Gasteiger partial charge in [0, 0.05) is 91.5 Å². The highest BCUT2D eigenvalue weighted by Crippen LogP contribution is 2.41. The molecule has 0 atom stereocenters. The Bertz CT molecular complexity index is 3010. The molecule has 242 valence electrons. The van der Waals surface area contributed by atoms with Crippen molar-refractivity contribution >= 4 is 43.6 Å². The zero-order valence-electron chi connectivity index (χ0n) is 28.3. The van der Waals surface area contributed by atoms with Gasteiger partial charge < -0.3 is 9.97 Å². The fourth-order valence-electron chi connectivity index (χ4n) is 7.57. The van der Waals surface area contributed by atoms with Gasteiger partial charge in [0.05, 0.1) is 22.8 Å². The molecule has 0 saturated heterocycles. The van der Waals surface area contributed by atoms with Crippen LogP contribution < -0.4 is 0 Å². The molecule has 2 aliphatic heterocycles. The van der Waals surface area contributed by atoms with Crippen LogP contribution in [-0.4, -0.2) is 19.9 Å². The minimum atomic E-state index is 0.531. The van der Waals surface area contributed by atoms with Crippen molar-refractivity contribution in [1.29, 1.82) is 0 Å². The van der Waals surface area contributed by atoms with Crippen molar-refractivity contribution in [3.05, 3.63) is 119 Å². The molecule has 5 heterocycles. The molecule has 52 heavy (non-hydrogen) atoms. The third-order valence-corrected chi connectivity index (χ3v) is 9.97. The Morgan fingerprint density at radius 2 is 0.692 bits per heavy atom. The van der Waals surface area contributed by atoms with E-state index < -0.39 is 0 Å². The van der Waals surface area contributed by atoms with Crippen LogP contribution in [0.4, 0.5) is 0 Å². The van der Waals surface area contributed by atoms with Gasteiger partial charge in [0.25, 0.3) is 0 Å². The van der Waals surface area contributed by atoms with E-state index in [0.717, 1.165) is 111 Å². The molecule has 0 amide bonds. The zero-order chi connectivity index (χ0) is 35.3. The number of fused-ring (bicyclic) bond motifs is 20. The highest BCUT2D eigenvalue weighted by Gasteiger charge is 2.20. The first-order chi connectivity index (χ1) is 25.5. The molecule has 8 bridgehead atoms. The minimum Gasteiger partial charge on any atom is -0.354 e. The normalized spacial score (nSPS) is 11.3. The number of benzene rings is 4. The lowest BCUT2D eigenvalue weighted by molar-refractivity contribution is 1.33. The van der Waals surface area contributed by atoms with E-state index in [4.69, 9.17) is 35.7 Å². The number of terminal acetylenes is 4. The van der Waals surface area contributed by atoms with Crippen LogP contribution in [0.3, 0.4) is 0 Å². The molecule has 3 aromatic heterocycles. The van der Waals surface area contributed by atoms with Crippen LogP contribution >= 0.6 is 0 Å². The molecule has 0 unspecified atom stereocenters. The summed E-state index contributed by atoms with van der Waals surface area (Å²) in [6.07, 6.45) is 25.1. The van der Waals surface area contributed by atoms with Crippen LogP contribution in [-0.2, 0) is 25.7 Å². The predicted octanol–water partition coefficient (Wildman–Crippen LogP) is 9.99. The summed E-state index contributed by atoms with van der Waals surface area (Å²) in [5.74, 6) is 11.2. The smallest absolute Gasteiger partial charge is 0.0737 e. The number of hydrogen-bond acceptors (Lipinski definition) is 2. The summed E-state index contributed by atoms with van der Waals surface area (Å²) in [5, 5.41) is 4.26. The van der Waals surface area contributed by atoms with Crippen molar-refractivity contribution < 1.29 is 0 Å². The molecule has 2 N–H and O–H groups in total. The molecule has 2 aliphatic rings. The Morgan fingerprint density at radius 1 is 0.365 bits per heavy atom. The lowest BCUT2D eigenvalue weighted by Crippen LogP contribution is -1.84. The maximum absolute atomic E-state index is 5.75. The van der Waals surface area contributed by atoms with E-state index in [-0.39, 0.29) is 0 Å². The molecule has 4 nitrogen and oxygen atoms in total. The van der Waals surface area contributed by atoms with Crippen LogP contribution in [0.2, 0.25) is 0 Å². The molecule has 0 aliphatic carbocycles. The quantitative estimate of drug-likeness (QED) is 0.184. The van der Waals surface area contributed by atoms with E-state index in [1.165, 1.54) is 0 Å². The Hall–Kier alpha value is -7.24.